The van der Waals surface area contributed by atoms with Crippen LogP contribution < -0.4 is 5.48 Å². The number of nitrogens with one attached hydrogen (secondary N) is 1. The van der Waals surface area contributed by atoms with Crippen molar-refractivity contribution in [3.05, 3.63) is 24.2 Å². The molecule has 0 aliphatic carbocycles. The second kappa shape index (κ2) is 3.61. The molecule has 5 rings (SSSR count). The van der Waals surface area contributed by atoms with Gasteiger partial charge in [0.25, 0.3) is 0 Å². The molecule has 1 aromatic rings. The molecule has 0 spiro atoms. The molecular formula is C14H21N3O2. The number of hydroxylamine groups is 1. The van der Waals surface area contributed by atoms with E-state index in [2.05, 4.69) is 35.2 Å². The van der Waals surface area contributed by atoms with Crippen LogP contribution in [-0.4, -0.2) is 47.2 Å². The van der Waals surface area contributed by atoms with Crippen molar-refractivity contribution in [3.63, 3.8) is 0 Å². The largest absolute Gasteiger partial charge is 0.466 e. The summed E-state index contributed by atoms with van der Waals surface area (Å²) in [6.07, 6.45) is 2.03. The van der Waals surface area contributed by atoms with Crippen molar-refractivity contribution in [2.75, 3.05) is 26.2 Å². The van der Waals surface area contributed by atoms with E-state index in [1.807, 2.05) is 6.07 Å². The van der Waals surface area contributed by atoms with Crippen molar-refractivity contribution < 1.29 is 9.62 Å². The second-order valence-corrected chi connectivity index (χ2v) is 7.07. The minimum absolute atomic E-state index is 0.100. The van der Waals surface area contributed by atoms with E-state index in [4.69, 9.17) is 4.42 Å². The Balaban J connectivity index is 1.73. The summed E-state index contributed by atoms with van der Waals surface area (Å²) in [6, 6.07) is 4.20. The Hall–Kier alpha value is -0.880. The van der Waals surface area contributed by atoms with Crippen LogP contribution >= 0.6 is 0 Å². The summed E-state index contributed by atoms with van der Waals surface area (Å²) >= 11 is 0. The monoisotopic (exact) mass is 263 g/mol. The van der Waals surface area contributed by atoms with Crippen LogP contribution in [0.15, 0.2) is 22.8 Å². The Morgan fingerprint density at radius 2 is 1.79 bits per heavy atom. The normalized spacial score (nSPS) is 51.7. The van der Waals surface area contributed by atoms with Crippen LogP contribution in [0.3, 0.4) is 0 Å². The van der Waals surface area contributed by atoms with Gasteiger partial charge < -0.3 is 9.62 Å². The number of hydrogen-bond donors (Lipinski definition) is 2. The molecular weight excluding hydrogens is 242 g/mol. The van der Waals surface area contributed by atoms with Gasteiger partial charge in [-0.2, -0.15) is 0 Å². The zero-order valence-electron chi connectivity index (χ0n) is 11.5. The third-order valence-corrected chi connectivity index (χ3v) is 5.27. The lowest BCUT2D eigenvalue weighted by Gasteiger charge is -2.68. The highest BCUT2D eigenvalue weighted by molar-refractivity contribution is 5.18. The zero-order chi connectivity index (χ0) is 13.3. The van der Waals surface area contributed by atoms with Gasteiger partial charge in [-0.1, -0.05) is 13.8 Å². The van der Waals surface area contributed by atoms with Crippen molar-refractivity contribution >= 4 is 0 Å². The van der Waals surface area contributed by atoms with Crippen LogP contribution in [0.1, 0.15) is 25.8 Å². The lowest BCUT2D eigenvalue weighted by atomic mass is 9.59. The van der Waals surface area contributed by atoms with E-state index < -0.39 is 0 Å². The van der Waals surface area contributed by atoms with Crippen molar-refractivity contribution in [1.29, 1.82) is 0 Å². The third kappa shape index (κ3) is 1.44. The van der Waals surface area contributed by atoms with Gasteiger partial charge in [-0.25, -0.2) is 5.48 Å². The molecule has 19 heavy (non-hydrogen) atoms. The first-order chi connectivity index (χ1) is 9.06. The van der Waals surface area contributed by atoms with Gasteiger partial charge in [0.1, 0.15) is 11.9 Å². The van der Waals surface area contributed by atoms with E-state index in [0.29, 0.717) is 0 Å². The minimum atomic E-state index is 0.100. The van der Waals surface area contributed by atoms with Gasteiger partial charge in [-0.05, 0) is 12.1 Å². The van der Waals surface area contributed by atoms with Gasteiger partial charge in [0.2, 0.25) is 0 Å². The number of furan rings is 1. The summed E-state index contributed by atoms with van der Waals surface area (Å²) in [5.74, 6) is 1.04. The average Bonchev–Trinajstić information content (AvgIpc) is 2.79. The summed E-state index contributed by atoms with van der Waals surface area (Å²) < 4.78 is 5.63. The molecule has 0 saturated carbocycles. The lowest BCUT2D eigenvalue weighted by Crippen LogP contribution is -2.79. The summed E-state index contributed by atoms with van der Waals surface area (Å²) in [5, 5.41) is 9.57. The molecule has 5 nitrogen and oxygen atoms in total. The third-order valence-electron chi connectivity index (χ3n) is 5.27. The fourth-order valence-electron chi connectivity index (χ4n) is 4.96. The molecule has 0 amide bonds. The van der Waals surface area contributed by atoms with Crippen molar-refractivity contribution in [2.24, 2.45) is 10.8 Å². The molecule has 4 bridgehead atoms. The van der Waals surface area contributed by atoms with Crippen LogP contribution in [0.5, 0.6) is 0 Å². The number of nitrogens with zero attached hydrogens (tertiary/aromatic N) is 2. The minimum Gasteiger partial charge on any atom is -0.466 e. The van der Waals surface area contributed by atoms with Crippen LogP contribution in [0, 0.1) is 10.8 Å². The topological polar surface area (TPSA) is 51.9 Å². The summed E-state index contributed by atoms with van der Waals surface area (Å²) in [4.78, 5) is 5.00. The number of rotatable bonds is 2. The van der Waals surface area contributed by atoms with Crippen molar-refractivity contribution in [1.82, 2.24) is 15.3 Å². The maximum atomic E-state index is 9.57. The highest BCUT2D eigenvalue weighted by Gasteiger charge is 2.62. The maximum absolute atomic E-state index is 9.57. The predicted molar refractivity (Wildman–Crippen MR) is 69.5 cm³/mol. The van der Waals surface area contributed by atoms with Crippen molar-refractivity contribution in [2.45, 2.75) is 26.1 Å². The van der Waals surface area contributed by atoms with Crippen LogP contribution in [-0.2, 0) is 0 Å². The number of hydrogen-bond acceptors (Lipinski definition) is 5. The van der Waals surface area contributed by atoms with E-state index in [-0.39, 0.29) is 23.0 Å². The quantitative estimate of drug-likeness (QED) is 0.787. The SMILES string of the molecule is CC12CN3CC(C)(CN(C1)C3c1ccco1)C2NO. The standard InChI is InChI=1S/C14H21N3O2/c1-13-6-16-8-14(2,12(13)15-18)9-17(7-13)11(16)10-4-3-5-19-10/h3-5,11-12,15,18H,6-9H2,1-2H3. The van der Waals surface area contributed by atoms with Gasteiger partial charge in [-0.3, -0.25) is 9.80 Å². The molecule has 0 radical (unpaired) electrons. The summed E-state index contributed by atoms with van der Waals surface area (Å²) in [7, 11) is 0. The first kappa shape index (κ1) is 11.9. The molecule has 4 saturated heterocycles. The molecule has 5 heterocycles. The summed E-state index contributed by atoms with van der Waals surface area (Å²) in [5.41, 5.74) is 2.80. The van der Waals surface area contributed by atoms with E-state index in [1.54, 1.807) is 6.26 Å². The van der Waals surface area contributed by atoms with Gasteiger partial charge >= 0.3 is 0 Å². The Kier molecular flexibility index (Phi) is 2.26. The Morgan fingerprint density at radius 1 is 1.21 bits per heavy atom. The fraction of sp³-hybridized carbons (Fsp3) is 0.714. The fourth-order valence-corrected chi connectivity index (χ4v) is 4.96. The molecule has 4 aliphatic heterocycles. The molecule has 104 valence electrons. The van der Waals surface area contributed by atoms with E-state index in [1.165, 1.54) is 0 Å². The lowest BCUT2D eigenvalue weighted by molar-refractivity contribution is -0.232. The van der Waals surface area contributed by atoms with E-state index in [0.717, 1.165) is 31.9 Å². The molecule has 4 fully saturated rings. The van der Waals surface area contributed by atoms with Crippen LogP contribution in [0.25, 0.3) is 0 Å². The molecule has 1 aromatic heterocycles. The van der Waals surface area contributed by atoms with Gasteiger partial charge in [-0.15, -0.1) is 0 Å². The number of piperidine rings is 2. The van der Waals surface area contributed by atoms with Gasteiger partial charge in [0.05, 0.1) is 6.26 Å². The highest BCUT2D eigenvalue weighted by Crippen LogP contribution is 2.54. The molecule has 0 unspecified atom stereocenters. The smallest absolute Gasteiger partial charge is 0.135 e. The first-order valence-electron chi connectivity index (χ1n) is 6.97. The van der Waals surface area contributed by atoms with Crippen LogP contribution in [0.4, 0.5) is 0 Å². The Morgan fingerprint density at radius 3 is 2.21 bits per heavy atom. The van der Waals surface area contributed by atoms with E-state index >= 15 is 0 Å². The van der Waals surface area contributed by atoms with Gasteiger partial charge in [0, 0.05) is 43.1 Å². The average molecular weight is 263 g/mol. The highest BCUT2D eigenvalue weighted by atomic mass is 16.5. The van der Waals surface area contributed by atoms with Gasteiger partial charge in [0.15, 0.2) is 0 Å². The zero-order valence-corrected chi connectivity index (χ0v) is 11.5. The second-order valence-electron chi connectivity index (χ2n) is 7.07. The molecule has 0 atom stereocenters. The Labute approximate surface area is 113 Å². The molecule has 0 aromatic carbocycles. The molecule has 4 aliphatic rings. The molecule has 2 N–H and O–H groups in total. The van der Waals surface area contributed by atoms with Crippen molar-refractivity contribution in [3.8, 4) is 0 Å². The Bertz CT molecular complexity index is 449. The maximum Gasteiger partial charge on any atom is 0.135 e. The summed E-state index contributed by atoms with van der Waals surface area (Å²) in [6.45, 7) is 8.56. The molecule has 5 heteroatoms. The predicted octanol–water partition coefficient (Wildman–Crippen LogP) is 1.28. The first-order valence-corrected chi connectivity index (χ1v) is 6.97. The van der Waals surface area contributed by atoms with E-state index in [9.17, 15) is 5.21 Å². The van der Waals surface area contributed by atoms with Crippen LogP contribution in [0.2, 0.25) is 0 Å².